The van der Waals surface area contributed by atoms with Crippen LogP contribution in [0.2, 0.25) is 0 Å². The first-order valence-corrected chi connectivity index (χ1v) is 9.71. The van der Waals surface area contributed by atoms with E-state index in [1.54, 1.807) is 37.4 Å². The molecule has 6 nitrogen and oxygen atoms in total. The van der Waals surface area contributed by atoms with E-state index in [1.807, 2.05) is 32.0 Å². The molecular formula is C23H26N2O4. The number of amides is 1. The highest BCUT2D eigenvalue weighted by Crippen LogP contribution is 2.22. The Morgan fingerprint density at radius 3 is 2.69 bits per heavy atom. The van der Waals surface area contributed by atoms with Gasteiger partial charge in [-0.15, -0.1) is 0 Å². The summed E-state index contributed by atoms with van der Waals surface area (Å²) in [5.41, 5.74) is 2.28. The van der Waals surface area contributed by atoms with E-state index in [4.69, 9.17) is 4.74 Å². The van der Waals surface area contributed by atoms with Crippen molar-refractivity contribution < 1.29 is 14.6 Å². The zero-order valence-electron chi connectivity index (χ0n) is 16.9. The molecule has 1 unspecified atom stereocenters. The lowest BCUT2D eigenvalue weighted by Gasteiger charge is -2.13. The van der Waals surface area contributed by atoms with E-state index in [0.29, 0.717) is 23.1 Å². The number of carbonyl (C=O) groups excluding carboxylic acids is 1. The number of pyridine rings is 1. The minimum absolute atomic E-state index is 0.158. The maximum absolute atomic E-state index is 12.6. The normalized spacial score (nSPS) is 12.0. The first kappa shape index (κ1) is 20.6. The van der Waals surface area contributed by atoms with Crippen molar-refractivity contribution >= 4 is 22.4 Å². The van der Waals surface area contributed by atoms with E-state index in [0.717, 1.165) is 16.9 Å². The van der Waals surface area contributed by atoms with Crippen molar-refractivity contribution in [3.8, 4) is 5.75 Å². The number of aliphatic hydroxyl groups is 1. The van der Waals surface area contributed by atoms with Gasteiger partial charge in [-0.3, -0.25) is 9.59 Å². The van der Waals surface area contributed by atoms with Crippen LogP contribution in [0.5, 0.6) is 5.75 Å². The molecule has 1 amide bonds. The monoisotopic (exact) mass is 394 g/mol. The molecule has 1 aromatic heterocycles. The van der Waals surface area contributed by atoms with Crippen molar-refractivity contribution in [1.82, 2.24) is 4.57 Å². The van der Waals surface area contributed by atoms with Gasteiger partial charge in [0.25, 0.3) is 5.56 Å². The van der Waals surface area contributed by atoms with Crippen molar-refractivity contribution in [2.45, 2.75) is 39.8 Å². The van der Waals surface area contributed by atoms with Gasteiger partial charge in [0.2, 0.25) is 5.91 Å². The maximum atomic E-state index is 12.6. The van der Waals surface area contributed by atoms with Crippen LogP contribution in [0.15, 0.2) is 53.5 Å². The molecule has 0 bridgehead atoms. The number of fused-ring (bicyclic) bond motifs is 1. The van der Waals surface area contributed by atoms with Gasteiger partial charge in [0.1, 0.15) is 5.75 Å². The highest BCUT2D eigenvalue weighted by Gasteiger charge is 2.11. The molecule has 0 aliphatic rings. The fourth-order valence-electron chi connectivity index (χ4n) is 3.37. The summed E-state index contributed by atoms with van der Waals surface area (Å²) < 4.78 is 7.01. The van der Waals surface area contributed by atoms with Crippen LogP contribution in [0, 0.1) is 6.92 Å². The third kappa shape index (κ3) is 4.84. The van der Waals surface area contributed by atoms with E-state index in [2.05, 4.69) is 5.32 Å². The van der Waals surface area contributed by atoms with Gasteiger partial charge in [-0.1, -0.05) is 18.2 Å². The number of aryl methyl sites for hydroxylation is 1. The Morgan fingerprint density at radius 1 is 1.21 bits per heavy atom. The molecule has 0 saturated heterocycles. The Labute approximate surface area is 169 Å². The third-order valence-corrected chi connectivity index (χ3v) is 4.66. The molecule has 1 heterocycles. The van der Waals surface area contributed by atoms with Gasteiger partial charge in [0, 0.05) is 22.7 Å². The molecular weight excluding hydrogens is 368 g/mol. The summed E-state index contributed by atoms with van der Waals surface area (Å²) in [6.07, 6.45) is 1.25. The lowest BCUT2D eigenvalue weighted by atomic mass is 10.1. The fraction of sp³-hybridized carbons (Fsp3) is 0.304. The average Bonchev–Trinajstić information content (AvgIpc) is 2.66. The van der Waals surface area contributed by atoms with Gasteiger partial charge in [-0.05, 0) is 56.2 Å². The van der Waals surface area contributed by atoms with Crippen molar-refractivity contribution in [3.63, 3.8) is 0 Å². The maximum Gasteiger partial charge on any atom is 0.258 e. The lowest BCUT2D eigenvalue weighted by molar-refractivity contribution is -0.115. The minimum Gasteiger partial charge on any atom is -0.494 e. The molecule has 3 rings (SSSR count). The number of rotatable bonds is 7. The molecule has 2 N–H and O–H groups in total. The quantitative estimate of drug-likeness (QED) is 0.645. The van der Waals surface area contributed by atoms with Crippen LogP contribution in [-0.4, -0.2) is 28.3 Å². The second-order valence-electron chi connectivity index (χ2n) is 7.15. The third-order valence-electron chi connectivity index (χ3n) is 4.66. The van der Waals surface area contributed by atoms with E-state index in [9.17, 15) is 14.7 Å². The molecule has 6 heteroatoms. The smallest absolute Gasteiger partial charge is 0.258 e. The Balaban J connectivity index is 1.81. The summed E-state index contributed by atoms with van der Waals surface area (Å²) in [7, 11) is 0. The topological polar surface area (TPSA) is 80.6 Å². The van der Waals surface area contributed by atoms with E-state index >= 15 is 0 Å². The highest BCUT2D eigenvalue weighted by molar-refractivity contribution is 6.02. The van der Waals surface area contributed by atoms with Crippen LogP contribution in [0.25, 0.3) is 10.8 Å². The number of hydrogen-bond donors (Lipinski definition) is 2. The molecule has 29 heavy (non-hydrogen) atoms. The molecule has 0 radical (unpaired) electrons. The fourth-order valence-corrected chi connectivity index (χ4v) is 3.37. The van der Waals surface area contributed by atoms with Crippen LogP contribution in [0.3, 0.4) is 0 Å². The highest BCUT2D eigenvalue weighted by atomic mass is 16.5. The largest absolute Gasteiger partial charge is 0.494 e. The van der Waals surface area contributed by atoms with Crippen LogP contribution >= 0.6 is 0 Å². The second kappa shape index (κ2) is 8.92. The molecule has 0 saturated carbocycles. The Hall–Kier alpha value is -3.12. The molecule has 0 fully saturated rings. The first-order valence-electron chi connectivity index (χ1n) is 9.71. The van der Waals surface area contributed by atoms with Crippen molar-refractivity contribution in [2.75, 3.05) is 11.9 Å². The summed E-state index contributed by atoms with van der Waals surface area (Å²) in [5, 5.41) is 13.6. The van der Waals surface area contributed by atoms with Crippen molar-refractivity contribution in [2.24, 2.45) is 0 Å². The molecule has 1 atom stereocenters. The van der Waals surface area contributed by atoms with Crippen molar-refractivity contribution in [3.05, 3.63) is 70.1 Å². The number of nitrogens with zero attached hydrogens (tertiary/aromatic N) is 1. The molecule has 0 spiro atoms. The van der Waals surface area contributed by atoms with Crippen LogP contribution in [0.1, 0.15) is 25.0 Å². The number of nitrogens with one attached hydrogen (secondary N) is 1. The number of carbonyl (C=O) groups is 1. The number of benzene rings is 2. The molecule has 152 valence electrons. The van der Waals surface area contributed by atoms with Gasteiger partial charge in [-0.2, -0.15) is 0 Å². The van der Waals surface area contributed by atoms with Gasteiger partial charge < -0.3 is 19.7 Å². The van der Waals surface area contributed by atoms with Crippen LogP contribution in [-0.2, 0) is 17.8 Å². The summed E-state index contributed by atoms with van der Waals surface area (Å²) in [5.74, 6) is 0.661. The Kier molecular flexibility index (Phi) is 6.34. The number of ether oxygens (including phenoxy) is 1. The van der Waals surface area contributed by atoms with E-state index < -0.39 is 6.10 Å². The zero-order valence-corrected chi connectivity index (χ0v) is 16.9. The summed E-state index contributed by atoms with van der Waals surface area (Å²) in [6.45, 7) is 6.35. The van der Waals surface area contributed by atoms with Crippen LogP contribution < -0.4 is 15.6 Å². The van der Waals surface area contributed by atoms with Crippen molar-refractivity contribution in [1.29, 1.82) is 0 Å². The summed E-state index contributed by atoms with van der Waals surface area (Å²) in [6, 6.07) is 12.7. The van der Waals surface area contributed by atoms with E-state index in [-0.39, 0.29) is 24.4 Å². The lowest BCUT2D eigenvalue weighted by Crippen LogP contribution is -2.25. The molecule has 3 aromatic rings. The van der Waals surface area contributed by atoms with Gasteiger partial charge in [0.15, 0.2) is 0 Å². The average molecular weight is 394 g/mol. The number of aliphatic hydroxyl groups excluding tert-OH is 1. The summed E-state index contributed by atoms with van der Waals surface area (Å²) >= 11 is 0. The standard InChI is InChI=1S/C23H26N2O4/c1-4-29-21-9-8-17(12-15(21)2)13-22(27)24-20-7-5-6-19-18(20)10-11-25(23(19)28)14-16(3)26/h5-12,16,26H,4,13-14H2,1-3H3,(H,24,27). The van der Waals surface area contributed by atoms with Gasteiger partial charge in [0.05, 0.1) is 25.7 Å². The van der Waals surface area contributed by atoms with Crippen LogP contribution in [0.4, 0.5) is 5.69 Å². The Bertz CT molecular complexity index is 1090. The first-order chi connectivity index (χ1) is 13.9. The molecule has 0 aliphatic carbocycles. The van der Waals surface area contributed by atoms with E-state index in [1.165, 1.54) is 4.57 Å². The predicted molar refractivity (Wildman–Crippen MR) is 115 cm³/mol. The Morgan fingerprint density at radius 2 is 2.00 bits per heavy atom. The van der Waals surface area contributed by atoms with Gasteiger partial charge >= 0.3 is 0 Å². The summed E-state index contributed by atoms with van der Waals surface area (Å²) in [4.78, 5) is 25.2. The minimum atomic E-state index is -0.620. The predicted octanol–water partition coefficient (Wildman–Crippen LogP) is 3.27. The van der Waals surface area contributed by atoms with Gasteiger partial charge in [-0.25, -0.2) is 0 Å². The second-order valence-corrected chi connectivity index (χ2v) is 7.15. The zero-order chi connectivity index (χ0) is 21.0. The SMILES string of the molecule is CCOc1ccc(CC(=O)Nc2cccc3c(=O)n(CC(C)O)ccc23)cc1C. The number of hydrogen-bond acceptors (Lipinski definition) is 4. The number of anilines is 1. The molecule has 0 aliphatic heterocycles. The molecule has 2 aromatic carbocycles. The number of aromatic nitrogens is 1.